The first kappa shape index (κ1) is 24.2. The van der Waals surface area contributed by atoms with Crippen LogP contribution in [0.25, 0.3) is 0 Å². The van der Waals surface area contributed by atoms with Crippen LogP contribution in [0.1, 0.15) is 48.0 Å². The first-order valence-electron chi connectivity index (χ1n) is 10.0. The van der Waals surface area contributed by atoms with Gasteiger partial charge in [-0.05, 0) is 41.5 Å². The summed E-state index contributed by atoms with van der Waals surface area (Å²) in [5, 5.41) is 12.9. The van der Waals surface area contributed by atoms with Crippen molar-refractivity contribution in [2.24, 2.45) is 0 Å². The van der Waals surface area contributed by atoms with Crippen LogP contribution in [0.2, 0.25) is 0 Å². The Kier molecular flexibility index (Phi) is 8.88. The summed E-state index contributed by atoms with van der Waals surface area (Å²) in [6, 6.07) is 0. The highest BCUT2D eigenvalue weighted by molar-refractivity contribution is 7.50. The van der Waals surface area contributed by atoms with Crippen LogP contribution in [0, 0.1) is 0 Å². The quantitative estimate of drug-likeness (QED) is 0.449. The molecule has 3 N–H and O–H groups in total. The van der Waals surface area contributed by atoms with Crippen molar-refractivity contribution in [3.8, 4) is 0 Å². The molecule has 0 amide bonds. The van der Waals surface area contributed by atoms with Gasteiger partial charge in [0.25, 0.3) is 0 Å². The number of nitrogens with one attached hydrogen (secondary N) is 1. The van der Waals surface area contributed by atoms with E-state index in [2.05, 4.69) is 5.09 Å². The summed E-state index contributed by atoms with van der Waals surface area (Å²) < 4.78 is 40.8. The van der Waals surface area contributed by atoms with E-state index in [0.717, 1.165) is 6.42 Å². The summed E-state index contributed by atoms with van der Waals surface area (Å²) in [6.07, 6.45) is -2.92. The highest BCUT2D eigenvalue weighted by atomic mass is 31.2. The molecule has 0 saturated carbocycles. The van der Waals surface area contributed by atoms with E-state index in [4.69, 9.17) is 23.5 Å². The Morgan fingerprint density at radius 2 is 1.82 bits per heavy atom. The number of hydrogen-bond donors (Lipinski definition) is 3. The zero-order chi connectivity index (χ0) is 21.1. The van der Waals surface area contributed by atoms with Crippen molar-refractivity contribution in [1.82, 2.24) is 5.09 Å². The Morgan fingerprint density at radius 1 is 1.14 bits per heavy atom. The summed E-state index contributed by atoms with van der Waals surface area (Å²) in [5.41, 5.74) is 0. The van der Waals surface area contributed by atoms with Crippen LogP contribution in [0.3, 0.4) is 0 Å². The molecule has 0 aliphatic carbocycles. The van der Waals surface area contributed by atoms with E-state index in [9.17, 15) is 14.6 Å². The number of aliphatic hydroxyl groups is 1. The summed E-state index contributed by atoms with van der Waals surface area (Å²) in [5.74, 6) is 0. The zero-order valence-electron chi connectivity index (χ0n) is 17.6. The van der Waals surface area contributed by atoms with E-state index in [-0.39, 0.29) is 43.7 Å². The predicted octanol–water partition coefficient (Wildman–Crippen LogP) is 1.61. The van der Waals surface area contributed by atoms with E-state index >= 15 is 0 Å². The van der Waals surface area contributed by atoms with Gasteiger partial charge in [0.1, 0.15) is 18.3 Å². The van der Waals surface area contributed by atoms with Gasteiger partial charge in [0.2, 0.25) is 0 Å². The average molecular weight is 425 g/mol. The van der Waals surface area contributed by atoms with Crippen molar-refractivity contribution in [3.63, 3.8) is 0 Å². The molecule has 0 radical (unpaired) electrons. The van der Waals surface area contributed by atoms with Crippen LogP contribution in [0.4, 0.5) is 0 Å². The molecule has 2 saturated heterocycles. The molecule has 2 unspecified atom stereocenters. The van der Waals surface area contributed by atoms with Gasteiger partial charge in [-0.3, -0.25) is 4.52 Å². The first-order valence-corrected chi connectivity index (χ1v) is 11.6. The minimum Gasteiger partial charge on any atom is -0.388 e. The Bertz CT molecular complexity index is 534. The fourth-order valence-corrected chi connectivity index (χ4v) is 4.55. The van der Waals surface area contributed by atoms with E-state index in [1.807, 2.05) is 34.6 Å². The van der Waals surface area contributed by atoms with E-state index in [0.29, 0.717) is 0 Å². The van der Waals surface area contributed by atoms with E-state index in [1.165, 1.54) is 0 Å². The van der Waals surface area contributed by atoms with Crippen molar-refractivity contribution in [3.05, 3.63) is 0 Å². The third kappa shape index (κ3) is 7.00. The van der Waals surface area contributed by atoms with Gasteiger partial charge in [-0.15, -0.1) is 0 Å². The van der Waals surface area contributed by atoms with E-state index in [1.54, 1.807) is 6.92 Å². The largest absolute Gasteiger partial charge is 0.403 e. The molecule has 2 fully saturated rings. The number of hydrogen-bond acceptors (Lipinski definition) is 7. The minimum atomic E-state index is -4.20. The summed E-state index contributed by atoms with van der Waals surface area (Å²) in [7, 11) is -4.20. The van der Waals surface area contributed by atoms with Crippen LogP contribution >= 0.6 is 7.75 Å². The fraction of sp³-hybridized carbons (Fsp3) is 1.00. The second-order valence-electron chi connectivity index (χ2n) is 8.15. The highest BCUT2D eigenvalue weighted by Crippen LogP contribution is 2.43. The van der Waals surface area contributed by atoms with Gasteiger partial charge in [-0.1, -0.05) is 0 Å². The molecule has 2 heterocycles. The molecule has 0 aromatic heterocycles. The van der Waals surface area contributed by atoms with Gasteiger partial charge in [-0.2, -0.15) is 0 Å². The van der Waals surface area contributed by atoms with Gasteiger partial charge >= 0.3 is 7.75 Å². The van der Waals surface area contributed by atoms with Crippen molar-refractivity contribution in [2.45, 2.75) is 103 Å². The molecule has 2 aliphatic rings. The normalized spacial score (nSPS) is 38.4. The smallest absolute Gasteiger partial charge is 0.388 e. The second kappa shape index (κ2) is 10.3. The molecule has 0 aromatic carbocycles. The van der Waals surface area contributed by atoms with Gasteiger partial charge in [0.05, 0.1) is 43.2 Å². The topological polar surface area (TPSA) is 116 Å². The zero-order valence-corrected chi connectivity index (χ0v) is 18.5. The Labute approximate surface area is 167 Å². The summed E-state index contributed by atoms with van der Waals surface area (Å²) in [6.45, 7) is 11.5. The Morgan fingerprint density at radius 3 is 2.43 bits per heavy atom. The molecule has 166 valence electrons. The van der Waals surface area contributed by atoms with Crippen molar-refractivity contribution in [2.75, 3.05) is 13.2 Å². The number of rotatable bonds is 10. The predicted molar refractivity (Wildman–Crippen MR) is 103 cm³/mol. The van der Waals surface area contributed by atoms with Gasteiger partial charge in [0.15, 0.2) is 0 Å². The maximum absolute atomic E-state index is 12.6. The van der Waals surface area contributed by atoms with Crippen LogP contribution in [0.15, 0.2) is 0 Å². The van der Waals surface area contributed by atoms with Gasteiger partial charge in [-0.25, -0.2) is 9.65 Å². The van der Waals surface area contributed by atoms with Gasteiger partial charge in [0, 0.05) is 13.0 Å². The average Bonchev–Trinajstić information content (AvgIpc) is 3.04. The standard InChI is InChI=1S/C18H36NO8P/c1-10(2)23-9-16-18(17(20)13(6)26-16)27-28(21,22)19-8-15-14(24-11(3)4)7-12(5)25-15/h10-18,20H,7-9H2,1-6H3,(H2,19,21,22)/t12-,13-,14+,15+,16+,17?,18-/m0/s1. The fourth-order valence-electron chi connectivity index (χ4n) is 3.47. The SMILES string of the molecule is CC(C)OC[C@H]1O[C@@H](C)C(O)[C@H]1OP(=O)(O)NC[C@H]1O[C@@H](C)C[C@H]1OC(C)C. The van der Waals surface area contributed by atoms with Gasteiger partial charge < -0.3 is 28.9 Å². The molecule has 0 aromatic rings. The van der Waals surface area contributed by atoms with Crippen molar-refractivity contribution in [1.29, 1.82) is 0 Å². The number of ether oxygens (including phenoxy) is 4. The van der Waals surface area contributed by atoms with Crippen molar-refractivity contribution < 1.29 is 38.0 Å². The molecule has 2 rings (SSSR count). The monoisotopic (exact) mass is 425 g/mol. The molecule has 10 heteroatoms. The second-order valence-corrected chi connectivity index (χ2v) is 9.72. The molecular formula is C18H36NO8P. The third-order valence-corrected chi connectivity index (χ3v) is 5.87. The maximum Gasteiger partial charge on any atom is 0.403 e. The van der Waals surface area contributed by atoms with E-state index < -0.39 is 32.2 Å². The molecule has 0 spiro atoms. The van der Waals surface area contributed by atoms with Crippen molar-refractivity contribution >= 4 is 7.75 Å². The maximum atomic E-state index is 12.6. The minimum absolute atomic E-state index is 0.0120. The molecule has 0 bridgehead atoms. The lowest BCUT2D eigenvalue weighted by Gasteiger charge is -2.26. The van der Waals surface area contributed by atoms with Crippen LogP contribution in [-0.2, 0) is 28.0 Å². The molecular weight excluding hydrogens is 389 g/mol. The highest BCUT2D eigenvalue weighted by Gasteiger charge is 2.46. The van der Waals surface area contributed by atoms with Crippen LogP contribution in [0.5, 0.6) is 0 Å². The first-order chi connectivity index (χ1) is 13.0. The molecule has 2 aliphatic heterocycles. The Balaban J connectivity index is 1.93. The van der Waals surface area contributed by atoms with Crippen LogP contribution < -0.4 is 5.09 Å². The number of aliphatic hydroxyl groups excluding tert-OH is 1. The summed E-state index contributed by atoms with van der Waals surface area (Å²) >= 11 is 0. The lowest BCUT2D eigenvalue weighted by Crippen LogP contribution is -2.39. The summed E-state index contributed by atoms with van der Waals surface area (Å²) in [4.78, 5) is 10.3. The Hall–Kier alpha value is -0.0900. The third-order valence-electron chi connectivity index (χ3n) is 4.76. The molecule has 9 nitrogen and oxygen atoms in total. The molecule has 28 heavy (non-hydrogen) atoms. The van der Waals surface area contributed by atoms with Crippen LogP contribution in [-0.4, -0.2) is 78.1 Å². The lowest BCUT2D eigenvalue weighted by atomic mass is 10.1. The lowest BCUT2D eigenvalue weighted by molar-refractivity contribution is -0.0533. The molecule has 8 atom stereocenters.